The molecule has 100 valence electrons. The van der Waals surface area contributed by atoms with Crippen LogP contribution in [-0.4, -0.2) is 25.7 Å². The molecule has 0 bridgehead atoms. The number of H-pyrrole nitrogens is 1. The van der Waals surface area contributed by atoms with E-state index >= 15 is 0 Å². The van der Waals surface area contributed by atoms with Crippen molar-refractivity contribution >= 4 is 11.9 Å². The minimum atomic E-state index is -0.403. The molecule has 0 fully saturated rings. The van der Waals surface area contributed by atoms with Crippen molar-refractivity contribution in [3.8, 4) is 0 Å². The van der Waals surface area contributed by atoms with Gasteiger partial charge in [-0.15, -0.1) is 5.10 Å². The molecule has 7 nitrogen and oxygen atoms in total. The molecule has 0 unspecified atom stereocenters. The minimum Gasteiger partial charge on any atom is -0.319 e. The van der Waals surface area contributed by atoms with E-state index in [2.05, 4.69) is 20.5 Å². The van der Waals surface area contributed by atoms with Crippen LogP contribution in [0.2, 0.25) is 0 Å². The first kappa shape index (κ1) is 13.0. The maximum Gasteiger partial charge on any atom is 0.258 e. The van der Waals surface area contributed by atoms with Gasteiger partial charge in [-0.2, -0.15) is 4.98 Å². The number of pyridine rings is 1. The van der Waals surface area contributed by atoms with Crippen molar-refractivity contribution in [2.24, 2.45) is 7.05 Å². The molecule has 1 amide bonds. The number of rotatable bonds is 4. The van der Waals surface area contributed by atoms with Crippen LogP contribution in [0.3, 0.4) is 0 Å². The van der Waals surface area contributed by atoms with Gasteiger partial charge in [0.15, 0.2) is 0 Å². The van der Waals surface area contributed by atoms with Crippen LogP contribution in [0.25, 0.3) is 0 Å². The van der Waals surface area contributed by atoms with Crippen LogP contribution < -0.4 is 10.9 Å². The van der Waals surface area contributed by atoms with Crippen molar-refractivity contribution in [2.75, 3.05) is 5.32 Å². The van der Waals surface area contributed by atoms with Crippen LogP contribution in [0.4, 0.5) is 5.95 Å². The standard InChI is InChI=1S/C12H15N5O2/c1-3-4-9-13-12(16-15-9)14-11(19)8-5-6-17(2)10(18)7-8/h5-7H,3-4H2,1-2H3,(H2,13,14,15,16,19). The van der Waals surface area contributed by atoms with E-state index in [-0.39, 0.29) is 17.1 Å². The van der Waals surface area contributed by atoms with Crippen molar-refractivity contribution in [3.05, 3.63) is 40.1 Å². The lowest BCUT2D eigenvalue weighted by Crippen LogP contribution is -2.20. The molecule has 0 aliphatic carbocycles. The van der Waals surface area contributed by atoms with E-state index in [4.69, 9.17) is 0 Å². The second kappa shape index (κ2) is 5.47. The lowest BCUT2D eigenvalue weighted by molar-refractivity contribution is 0.102. The third kappa shape index (κ3) is 3.06. The van der Waals surface area contributed by atoms with Gasteiger partial charge in [0.05, 0.1) is 0 Å². The second-order valence-corrected chi connectivity index (χ2v) is 4.17. The third-order valence-corrected chi connectivity index (χ3v) is 2.61. The van der Waals surface area contributed by atoms with Gasteiger partial charge >= 0.3 is 0 Å². The predicted octanol–water partition coefficient (Wildman–Crippen LogP) is 0.708. The van der Waals surface area contributed by atoms with Crippen molar-refractivity contribution in [2.45, 2.75) is 19.8 Å². The average molecular weight is 261 g/mol. The Bertz CT molecular complexity index is 644. The molecule has 2 N–H and O–H groups in total. The summed E-state index contributed by atoms with van der Waals surface area (Å²) in [4.78, 5) is 27.4. The van der Waals surface area contributed by atoms with E-state index in [0.717, 1.165) is 18.7 Å². The lowest BCUT2D eigenvalue weighted by atomic mass is 10.2. The highest BCUT2D eigenvalue weighted by molar-refractivity contribution is 6.03. The average Bonchev–Trinajstić information content (AvgIpc) is 2.80. The molecular weight excluding hydrogens is 246 g/mol. The fourth-order valence-corrected chi connectivity index (χ4v) is 1.56. The van der Waals surface area contributed by atoms with Gasteiger partial charge in [0.1, 0.15) is 5.82 Å². The summed E-state index contributed by atoms with van der Waals surface area (Å²) in [5.74, 6) is 0.538. The van der Waals surface area contributed by atoms with E-state index < -0.39 is 5.91 Å². The van der Waals surface area contributed by atoms with Crippen LogP contribution in [0, 0.1) is 0 Å². The summed E-state index contributed by atoms with van der Waals surface area (Å²) in [6, 6.07) is 2.84. The summed E-state index contributed by atoms with van der Waals surface area (Å²) in [7, 11) is 1.62. The number of amides is 1. The van der Waals surface area contributed by atoms with Gasteiger partial charge in [-0.05, 0) is 12.5 Å². The number of anilines is 1. The molecule has 2 aromatic heterocycles. The zero-order valence-corrected chi connectivity index (χ0v) is 10.8. The van der Waals surface area contributed by atoms with Crippen LogP contribution >= 0.6 is 0 Å². The maximum atomic E-state index is 11.9. The highest BCUT2D eigenvalue weighted by Gasteiger charge is 2.10. The number of hydrogen-bond donors (Lipinski definition) is 2. The van der Waals surface area contributed by atoms with Gasteiger partial charge in [-0.25, -0.2) is 0 Å². The Balaban J connectivity index is 2.11. The Kier molecular flexibility index (Phi) is 3.74. The highest BCUT2D eigenvalue weighted by Crippen LogP contribution is 2.04. The smallest absolute Gasteiger partial charge is 0.258 e. The molecule has 7 heteroatoms. The van der Waals surface area contributed by atoms with Crippen LogP contribution in [-0.2, 0) is 13.5 Å². The number of carbonyl (C=O) groups is 1. The zero-order valence-electron chi connectivity index (χ0n) is 10.8. The fraction of sp³-hybridized carbons (Fsp3) is 0.333. The summed E-state index contributed by atoms with van der Waals surface area (Å²) >= 11 is 0. The first-order valence-electron chi connectivity index (χ1n) is 5.99. The zero-order chi connectivity index (χ0) is 13.8. The van der Waals surface area contributed by atoms with Crippen LogP contribution in [0.5, 0.6) is 0 Å². The van der Waals surface area contributed by atoms with Crippen molar-refractivity contribution in [1.82, 2.24) is 19.7 Å². The van der Waals surface area contributed by atoms with Gasteiger partial charge in [0.2, 0.25) is 5.95 Å². The number of hydrogen-bond acceptors (Lipinski definition) is 4. The maximum absolute atomic E-state index is 11.9. The Hall–Kier alpha value is -2.44. The van der Waals surface area contributed by atoms with E-state index in [1.165, 1.54) is 16.8 Å². The molecular formula is C12H15N5O2. The van der Waals surface area contributed by atoms with Gasteiger partial charge in [0, 0.05) is 31.3 Å². The van der Waals surface area contributed by atoms with Gasteiger partial charge in [-0.3, -0.25) is 20.0 Å². The Morgan fingerprint density at radius 3 is 3.00 bits per heavy atom. The monoisotopic (exact) mass is 261 g/mol. The SMILES string of the molecule is CCCc1nc(NC(=O)c2ccn(C)c(=O)c2)n[nH]1. The molecule has 0 aliphatic rings. The van der Waals surface area contributed by atoms with Gasteiger partial charge < -0.3 is 4.57 Å². The van der Waals surface area contributed by atoms with Gasteiger partial charge in [0.25, 0.3) is 11.5 Å². The minimum absolute atomic E-state index is 0.217. The van der Waals surface area contributed by atoms with E-state index in [9.17, 15) is 9.59 Å². The number of nitrogens with zero attached hydrogens (tertiary/aromatic N) is 3. The molecule has 0 aliphatic heterocycles. The summed E-state index contributed by atoms with van der Waals surface area (Å²) in [5, 5.41) is 9.17. The Labute approximate surface area is 109 Å². The molecule has 2 heterocycles. The fourth-order valence-electron chi connectivity index (χ4n) is 1.56. The predicted molar refractivity (Wildman–Crippen MR) is 70.0 cm³/mol. The molecule has 2 rings (SSSR count). The Morgan fingerprint density at radius 2 is 2.32 bits per heavy atom. The number of aromatic nitrogens is 4. The van der Waals surface area contributed by atoms with Crippen molar-refractivity contribution < 1.29 is 4.79 Å². The number of aryl methyl sites for hydroxylation is 2. The van der Waals surface area contributed by atoms with Crippen molar-refractivity contribution in [1.29, 1.82) is 0 Å². The van der Waals surface area contributed by atoms with Crippen LogP contribution in [0.15, 0.2) is 23.1 Å². The summed E-state index contributed by atoms with van der Waals surface area (Å²) < 4.78 is 1.39. The molecule has 0 radical (unpaired) electrons. The molecule has 0 saturated heterocycles. The molecule has 19 heavy (non-hydrogen) atoms. The Morgan fingerprint density at radius 1 is 1.53 bits per heavy atom. The largest absolute Gasteiger partial charge is 0.319 e. The quantitative estimate of drug-likeness (QED) is 0.847. The first-order chi connectivity index (χ1) is 9.10. The first-order valence-corrected chi connectivity index (χ1v) is 5.99. The summed E-state index contributed by atoms with van der Waals surface area (Å²) in [5.41, 5.74) is 0.0410. The molecule has 0 spiro atoms. The van der Waals surface area contributed by atoms with Crippen LogP contribution in [0.1, 0.15) is 29.5 Å². The summed E-state index contributed by atoms with van der Waals surface area (Å²) in [6.45, 7) is 2.03. The van der Waals surface area contributed by atoms with E-state index in [1.54, 1.807) is 13.1 Å². The number of carbonyl (C=O) groups excluding carboxylic acids is 1. The molecule has 0 saturated carbocycles. The number of nitrogens with one attached hydrogen (secondary N) is 2. The van der Waals surface area contributed by atoms with E-state index in [1.807, 2.05) is 6.92 Å². The third-order valence-electron chi connectivity index (χ3n) is 2.61. The van der Waals surface area contributed by atoms with Gasteiger partial charge in [-0.1, -0.05) is 6.92 Å². The molecule has 0 atom stereocenters. The van der Waals surface area contributed by atoms with E-state index in [0.29, 0.717) is 0 Å². The second-order valence-electron chi connectivity index (χ2n) is 4.17. The molecule has 2 aromatic rings. The number of aromatic amines is 1. The molecule has 0 aromatic carbocycles. The topological polar surface area (TPSA) is 92.7 Å². The normalized spacial score (nSPS) is 10.4. The summed E-state index contributed by atoms with van der Waals surface area (Å²) in [6.07, 6.45) is 3.25. The lowest BCUT2D eigenvalue weighted by Gasteiger charge is -2.01. The van der Waals surface area contributed by atoms with Crippen molar-refractivity contribution in [3.63, 3.8) is 0 Å². The highest BCUT2D eigenvalue weighted by atomic mass is 16.2.